The maximum atomic E-state index is 10.8. The van der Waals surface area contributed by atoms with Gasteiger partial charge in [0.1, 0.15) is 0 Å². The van der Waals surface area contributed by atoms with E-state index in [4.69, 9.17) is 5.73 Å². The average molecular weight is 315 g/mol. The van der Waals surface area contributed by atoms with Crippen LogP contribution in [0.4, 0.5) is 0 Å². The van der Waals surface area contributed by atoms with E-state index in [1.807, 2.05) is 24.5 Å². The monoisotopic (exact) mass is 315 g/mol. The lowest BCUT2D eigenvalue weighted by Gasteiger charge is -2.11. The number of nitrogens with one attached hydrogen (secondary N) is 1. The molecule has 0 saturated carbocycles. The molecule has 1 aromatic heterocycles. The van der Waals surface area contributed by atoms with Gasteiger partial charge in [0.05, 0.1) is 12.2 Å². The van der Waals surface area contributed by atoms with Gasteiger partial charge < -0.3 is 20.2 Å². The van der Waals surface area contributed by atoms with Gasteiger partial charge in [0.15, 0.2) is 5.11 Å². The van der Waals surface area contributed by atoms with E-state index in [1.54, 1.807) is 18.3 Å². The van der Waals surface area contributed by atoms with E-state index in [-0.39, 0.29) is 10.7 Å². The smallest absolute Gasteiger partial charge is 0.184 e. The van der Waals surface area contributed by atoms with Crippen LogP contribution in [0.3, 0.4) is 0 Å². The van der Waals surface area contributed by atoms with Crippen molar-refractivity contribution >= 4 is 29.5 Å². The molecule has 2 aromatic rings. The highest BCUT2D eigenvalue weighted by Crippen LogP contribution is 2.20. The summed E-state index contributed by atoms with van der Waals surface area (Å²) in [6.45, 7) is 3.90. The zero-order valence-corrected chi connectivity index (χ0v) is 13.0. The number of hydrogen-bond donors (Lipinski definition) is 2. The number of rotatable bonds is 4. The number of aromatic carboxylic acids is 1. The molecule has 0 unspecified atom stereocenters. The predicted molar refractivity (Wildman–Crippen MR) is 87.1 cm³/mol. The molecule has 1 heterocycles. The van der Waals surface area contributed by atoms with Gasteiger partial charge in [0.2, 0.25) is 0 Å². The molecule has 0 saturated heterocycles. The second kappa shape index (κ2) is 6.40. The van der Waals surface area contributed by atoms with Crippen molar-refractivity contribution in [2.45, 2.75) is 13.8 Å². The zero-order valence-electron chi connectivity index (χ0n) is 12.2. The van der Waals surface area contributed by atoms with Crippen LogP contribution in [0.25, 0.3) is 5.69 Å². The van der Waals surface area contributed by atoms with Crippen molar-refractivity contribution in [2.24, 2.45) is 10.8 Å². The number of carbonyl (C=O) groups is 1. The number of carbonyl (C=O) groups excluding carboxylic acids is 1. The van der Waals surface area contributed by atoms with Crippen LogP contribution in [0.2, 0.25) is 0 Å². The molecule has 0 aliphatic rings. The van der Waals surface area contributed by atoms with Gasteiger partial charge in [-0.25, -0.2) is 0 Å². The van der Waals surface area contributed by atoms with E-state index in [0.29, 0.717) is 0 Å². The molecule has 0 aliphatic heterocycles. The van der Waals surface area contributed by atoms with Crippen molar-refractivity contribution in [1.82, 2.24) is 9.99 Å². The minimum atomic E-state index is -1.19. The summed E-state index contributed by atoms with van der Waals surface area (Å²) in [5.41, 5.74) is 11.7. The molecule has 0 atom stereocenters. The number of aromatic nitrogens is 1. The Morgan fingerprint density at radius 1 is 1.36 bits per heavy atom. The van der Waals surface area contributed by atoms with Crippen molar-refractivity contribution in [1.29, 1.82) is 0 Å². The third kappa shape index (κ3) is 3.32. The summed E-state index contributed by atoms with van der Waals surface area (Å²) in [5, 5.41) is 14.8. The van der Waals surface area contributed by atoms with Crippen LogP contribution in [0.5, 0.6) is 0 Å². The molecule has 0 aliphatic carbocycles. The largest absolute Gasteiger partial charge is 0.545 e. The molecule has 0 radical (unpaired) electrons. The maximum Gasteiger partial charge on any atom is 0.184 e. The van der Waals surface area contributed by atoms with Crippen molar-refractivity contribution in [3.05, 3.63) is 52.8 Å². The molecule has 0 amide bonds. The van der Waals surface area contributed by atoms with Crippen molar-refractivity contribution in [2.75, 3.05) is 0 Å². The first-order chi connectivity index (χ1) is 10.4. The molecule has 114 valence electrons. The van der Waals surface area contributed by atoms with Crippen molar-refractivity contribution in [3.63, 3.8) is 0 Å². The lowest BCUT2D eigenvalue weighted by Crippen LogP contribution is -2.24. The third-order valence-electron chi connectivity index (χ3n) is 3.21. The van der Waals surface area contributed by atoms with E-state index in [1.165, 1.54) is 12.1 Å². The second-order valence-corrected chi connectivity index (χ2v) is 5.17. The number of benzene rings is 1. The van der Waals surface area contributed by atoms with Crippen LogP contribution >= 0.6 is 12.2 Å². The van der Waals surface area contributed by atoms with Crippen LogP contribution in [0.15, 0.2) is 35.4 Å². The Kier molecular flexibility index (Phi) is 4.57. The minimum absolute atomic E-state index is 0.0999. The van der Waals surface area contributed by atoms with Gasteiger partial charge in [-0.05, 0) is 49.8 Å². The molecule has 1 aromatic carbocycles. The summed E-state index contributed by atoms with van der Waals surface area (Å²) in [5.74, 6) is -1.19. The maximum absolute atomic E-state index is 10.8. The summed E-state index contributed by atoms with van der Waals surface area (Å²) in [4.78, 5) is 10.8. The number of thiocarbonyl (C=S) groups is 1. The molecular weight excluding hydrogens is 300 g/mol. The topological polar surface area (TPSA) is 95.5 Å². The molecule has 22 heavy (non-hydrogen) atoms. The quantitative estimate of drug-likeness (QED) is 0.490. The van der Waals surface area contributed by atoms with Crippen LogP contribution < -0.4 is 16.3 Å². The first-order valence-corrected chi connectivity index (χ1v) is 6.90. The Morgan fingerprint density at radius 3 is 2.55 bits per heavy atom. The fraction of sp³-hybridized carbons (Fsp3) is 0.133. The highest BCUT2D eigenvalue weighted by molar-refractivity contribution is 7.80. The minimum Gasteiger partial charge on any atom is -0.545 e. The van der Waals surface area contributed by atoms with E-state index in [9.17, 15) is 9.90 Å². The van der Waals surface area contributed by atoms with Crippen LogP contribution in [0.1, 0.15) is 27.3 Å². The van der Waals surface area contributed by atoms with Gasteiger partial charge in [-0.1, -0.05) is 12.1 Å². The van der Waals surface area contributed by atoms with E-state index >= 15 is 0 Å². The second-order valence-electron chi connectivity index (χ2n) is 4.73. The molecule has 6 nitrogen and oxygen atoms in total. The predicted octanol–water partition coefficient (Wildman–Crippen LogP) is 0.625. The Balaban J connectivity index is 2.35. The highest BCUT2D eigenvalue weighted by Gasteiger charge is 2.09. The Bertz CT molecular complexity index is 748. The first-order valence-electron chi connectivity index (χ1n) is 6.49. The molecule has 0 spiro atoms. The lowest BCUT2D eigenvalue weighted by molar-refractivity contribution is -0.255. The fourth-order valence-corrected chi connectivity index (χ4v) is 2.28. The normalized spacial score (nSPS) is 10.8. The van der Waals surface area contributed by atoms with Crippen LogP contribution in [-0.2, 0) is 0 Å². The highest BCUT2D eigenvalue weighted by atomic mass is 32.1. The van der Waals surface area contributed by atoms with Gasteiger partial charge >= 0.3 is 0 Å². The number of hydrazone groups is 1. The van der Waals surface area contributed by atoms with Gasteiger partial charge in [-0.2, -0.15) is 5.10 Å². The number of nitrogens with two attached hydrogens (primary N) is 1. The summed E-state index contributed by atoms with van der Waals surface area (Å²) < 4.78 is 2.00. The van der Waals surface area contributed by atoms with E-state index in [0.717, 1.165) is 22.6 Å². The van der Waals surface area contributed by atoms with Gasteiger partial charge in [0, 0.05) is 22.6 Å². The van der Waals surface area contributed by atoms with Crippen LogP contribution in [-0.4, -0.2) is 21.9 Å². The summed E-state index contributed by atoms with van der Waals surface area (Å²) in [6.07, 6.45) is 1.63. The summed E-state index contributed by atoms with van der Waals surface area (Å²) >= 11 is 4.68. The average Bonchev–Trinajstić information content (AvgIpc) is 2.73. The fourth-order valence-electron chi connectivity index (χ4n) is 2.23. The van der Waals surface area contributed by atoms with Gasteiger partial charge in [0.25, 0.3) is 0 Å². The van der Waals surface area contributed by atoms with Crippen molar-refractivity contribution in [3.8, 4) is 5.69 Å². The number of aryl methyl sites for hydroxylation is 1. The standard InChI is InChI=1S/C15H16N4O2S/c1-9-7-12(8-17-18-15(16)22)10(2)19(9)13-5-3-11(4-6-13)14(20)21/h3-8H,1-2H3,(H,20,21)(H3,16,18,22)/p-1/b17-8-. The first kappa shape index (κ1) is 15.7. The summed E-state index contributed by atoms with van der Waals surface area (Å²) in [6, 6.07) is 8.48. The lowest BCUT2D eigenvalue weighted by atomic mass is 10.2. The third-order valence-corrected chi connectivity index (χ3v) is 3.30. The number of nitrogens with zero attached hydrogens (tertiary/aromatic N) is 2. The molecule has 0 fully saturated rings. The molecule has 2 rings (SSSR count). The SMILES string of the molecule is Cc1cc(/C=N\NC(N)=S)c(C)n1-c1ccc(C(=O)[O-])cc1. The molecule has 0 bridgehead atoms. The Morgan fingerprint density at radius 2 is 2.00 bits per heavy atom. The van der Waals surface area contributed by atoms with E-state index in [2.05, 4.69) is 22.7 Å². The Hall–Kier alpha value is -2.67. The van der Waals surface area contributed by atoms with Gasteiger partial charge in [-0.15, -0.1) is 0 Å². The molecule has 7 heteroatoms. The summed E-state index contributed by atoms with van der Waals surface area (Å²) in [7, 11) is 0. The zero-order chi connectivity index (χ0) is 16.3. The molecule has 3 N–H and O–H groups in total. The Labute approximate surface area is 133 Å². The van der Waals surface area contributed by atoms with Crippen LogP contribution in [0, 0.1) is 13.8 Å². The number of hydrogen-bond acceptors (Lipinski definition) is 4. The number of carboxylic acids is 1. The van der Waals surface area contributed by atoms with Crippen molar-refractivity contribution < 1.29 is 9.90 Å². The molecular formula is C15H15N4O2S-. The van der Waals surface area contributed by atoms with E-state index < -0.39 is 5.97 Å². The van der Waals surface area contributed by atoms with Gasteiger partial charge in [-0.3, -0.25) is 5.43 Å². The number of carboxylic acid groups (broad SMARTS) is 1.